The van der Waals surface area contributed by atoms with Crippen molar-refractivity contribution < 1.29 is 5.11 Å². The van der Waals surface area contributed by atoms with E-state index in [1.54, 1.807) is 0 Å². The van der Waals surface area contributed by atoms with Gasteiger partial charge in [-0.3, -0.25) is 0 Å². The maximum absolute atomic E-state index is 11.1. The van der Waals surface area contributed by atoms with E-state index in [9.17, 15) is 5.11 Å². The topological polar surface area (TPSA) is 20.2 Å². The first-order valence-corrected chi connectivity index (χ1v) is 7.86. The van der Waals surface area contributed by atoms with Gasteiger partial charge in [0.2, 0.25) is 0 Å². The number of hydrogen-bond acceptors (Lipinski definition) is 1. The lowest BCUT2D eigenvalue weighted by molar-refractivity contribution is -0.0850. The van der Waals surface area contributed by atoms with E-state index in [2.05, 4.69) is 67.9 Å². The largest absolute Gasteiger partial charge is 0.390 e. The molecule has 0 bridgehead atoms. The molecule has 0 spiro atoms. The lowest BCUT2D eigenvalue weighted by atomic mass is 9.58. The predicted octanol–water partition coefficient (Wildman–Crippen LogP) is 4.96. The first-order valence-electron chi connectivity index (χ1n) is 7.06. The normalized spacial score (nSPS) is 24.1. The Morgan fingerprint density at radius 1 is 0.947 bits per heavy atom. The third-order valence-electron chi connectivity index (χ3n) is 4.02. The Kier molecular flexibility index (Phi) is 3.88. The summed E-state index contributed by atoms with van der Waals surface area (Å²) in [5, 5.41) is 11.1. The summed E-state index contributed by atoms with van der Waals surface area (Å²) in [6, 6.07) is 8.32. The summed E-state index contributed by atoms with van der Waals surface area (Å²) in [6.45, 7) is 9.11. The summed E-state index contributed by atoms with van der Waals surface area (Å²) in [7, 11) is 0. The van der Waals surface area contributed by atoms with Crippen LogP contribution in [0.3, 0.4) is 0 Å². The zero-order valence-corrected chi connectivity index (χ0v) is 14.0. The second-order valence-electron chi connectivity index (χ2n) is 7.89. The first-order chi connectivity index (χ1) is 8.59. The van der Waals surface area contributed by atoms with Crippen molar-refractivity contribution in [3.63, 3.8) is 0 Å². The maximum Gasteiger partial charge on any atom is 0.0698 e. The molecule has 1 nitrogen and oxygen atoms in total. The van der Waals surface area contributed by atoms with Gasteiger partial charge >= 0.3 is 0 Å². The monoisotopic (exact) mass is 324 g/mol. The van der Waals surface area contributed by atoms with E-state index in [-0.39, 0.29) is 10.8 Å². The van der Waals surface area contributed by atoms with Gasteiger partial charge in [-0.15, -0.1) is 0 Å². The molecule has 0 unspecified atom stereocenters. The summed E-state index contributed by atoms with van der Waals surface area (Å²) in [4.78, 5) is 0. The van der Waals surface area contributed by atoms with Crippen molar-refractivity contribution in [3.05, 3.63) is 34.3 Å². The minimum absolute atomic E-state index is 0.214. The van der Waals surface area contributed by atoms with Gasteiger partial charge in [0, 0.05) is 10.9 Å². The van der Waals surface area contributed by atoms with Crippen LogP contribution in [0.5, 0.6) is 0 Å². The van der Waals surface area contributed by atoms with Gasteiger partial charge in [0.1, 0.15) is 0 Å². The molecule has 1 aromatic carbocycles. The molecule has 0 radical (unpaired) electrons. The van der Waals surface area contributed by atoms with Crippen LogP contribution in [0.4, 0.5) is 0 Å². The van der Waals surface area contributed by atoms with Gasteiger partial charge in [0.25, 0.3) is 0 Å². The standard InChI is InChI=1S/C17H25BrO/c1-15(2)10-16(3,4)12-17(19,11-15)9-13-5-7-14(18)8-6-13/h5-8,19H,9-12H2,1-4H3. The maximum atomic E-state index is 11.1. The lowest BCUT2D eigenvalue weighted by Crippen LogP contribution is -2.47. The lowest BCUT2D eigenvalue weighted by Gasteiger charge is -2.49. The van der Waals surface area contributed by atoms with Crippen molar-refractivity contribution >= 4 is 15.9 Å². The second kappa shape index (κ2) is 4.89. The highest BCUT2D eigenvalue weighted by Crippen LogP contribution is 2.50. The molecule has 2 rings (SSSR count). The predicted molar refractivity (Wildman–Crippen MR) is 84.2 cm³/mol. The van der Waals surface area contributed by atoms with Gasteiger partial charge < -0.3 is 5.11 Å². The first kappa shape index (κ1) is 15.1. The van der Waals surface area contributed by atoms with Gasteiger partial charge in [-0.2, -0.15) is 0 Å². The van der Waals surface area contributed by atoms with Crippen molar-refractivity contribution in [1.29, 1.82) is 0 Å². The Bertz CT molecular complexity index is 429. The molecule has 0 aromatic heterocycles. The smallest absolute Gasteiger partial charge is 0.0698 e. The van der Waals surface area contributed by atoms with E-state index in [0.717, 1.165) is 23.7 Å². The zero-order valence-electron chi connectivity index (χ0n) is 12.5. The van der Waals surface area contributed by atoms with Crippen molar-refractivity contribution in [3.8, 4) is 0 Å². The molecule has 1 aromatic rings. The quantitative estimate of drug-likeness (QED) is 0.815. The van der Waals surface area contributed by atoms with Gasteiger partial charge in [-0.1, -0.05) is 55.8 Å². The van der Waals surface area contributed by atoms with Gasteiger partial charge in [-0.05, 0) is 47.8 Å². The fraction of sp³-hybridized carbons (Fsp3) is 0.647. The zero-order chi connectivity index (χ0) is 14.3. The van der Waals surface area contributed by atoms with E-state index in [0.29, 0.717) is 0 Å². The summed E-state index contributed by atoms with van der Waals surface area (Å²) in [5.41, 5.74) is 1.08. The van der Waals surface area contributed by atoms with Crippen LogP contribution in [0.25, 0.3) is 0 Å². The van der Waals surface area contributed by atoms with Gasteiger partial charge in [0.05, 0.1) is 5.60 Å². The molecule has 1 N–H and O–H groups in total. The highest BCUT2D eigenvalue weighted by Gasteiger charge is 2.46. The number of rotatable bonds is 2. The van der Waals surface area contributed by atoms with Crippen LogP contribution >= 0.6 is 15.9 Å². The summed E-state index contributed by atoms with van der Waals surface area (Å²) in [6.07, 6.45) is 3.72. The number of aliphatic hydroxyl groups is 1. The number of halogens is 1. The Balaban J connectivity index is 2.19. The Hall–Kier alpha value is -0.340. The Morgan fingerprint density at radius 2 is 1.42 bits per heavy atom. The van der Waals surface area contributed by atoms with E-state index >= 15 is 0 Å². The molecule has 0 aliphatic heterocycles. The van der Waals surface area contributed by atoms with E-state index in [1.807, 2.05) is 0 Å². The molecular formula is C17H25BrO. The highest BCUT2D eigenvalue weighted by atomic mass is 79.9. The van der Waals surface area contributed by atoms with Crippen molar-refractivity contribution in [2.45, 2.75) is 59.0 Å². The van der Waals surface area contributed by atoms with Crippen LogP contribution in [0.15, 0.2) is 28.7 Å². The van der Waals surface area contributed by atoms with Crippen molar-refractivity contribution in [1.82, 2.24) is 0 Å². The summed E-state index contributed by atoms with van der Waals surface area (Å²) >= 11 is 3.46. The van der Waals surface area contributed by atoms with Gasteiger partial charge in [0.15, 0.2) is 0 Å². The van der Waals surface area contributed by atoms with Crippen LogP contribution in [0, 0.1) is 10.8 Å². The fourth-order valence-corrected chi connectivity index (χ4v) is 4.64. The minimum atomic E-state index is -0.570. The van der Waals surface area contributed by atoms with E-state index in [1.165, 1.54) is 12.0 Å². The molecular weight excluding hydrogens is 300 g/mol. The summed E-state index contributed by atoms with van der Waals surface area (Å²) < 4.78 is 1.09. The van der Waals surface area contributed by atoms with Crippen molar-refractivity contribution in [2.75, 3.05) is 0 Å². The molecule has 1 fully saturated rings. The van der Waals surface area contributed by atoms with Crippen LogP contribution < -0.4 is 0 Å². The third kappa shape index (κ3) is 4.06. The molecule has 0 heterocycles. The Labute approximate surface area is 125 Å². The summed E-state index contributed by atoms with van der Waals surface area (Å²) in [5.74, 6) is 0. The second-order valence-corrected chi connectivity index (χ2v) is 8.80. The highest BCUT2D eigenvalue weighted by molar-refractivity contribution is 9.10. The molecule has 1 aliphatic carbocycles. The molecule has 2 heteroatoms. The molecule has 0 amide bonds. The van der Waals surface area contributed by atoms with E-state index < -0.39 is 5.60 Å². The minimum Gasteiger partial charge on any atom is -0.390 e. The number of hydrogen-bond donors (Lipinski definition) is 1. The Morgan fingerprint density at radius 3 is 1.89 bits per heavy atom. The van der Waals surface area contributed by atoms with Crippen LogP contribution in [-0.2, 0) is 6.42 Å². The molecule has 0 saturated heterocycles. The van der Waals surface area contributed by atoms with Crippen molar-refractivity contribution in [2.24, 2.45) is 10.8 Å². The van der Waals surface area contributed by atoms with Crippen LogP contribution in [-0.4, -0.2) is 10.7 Å². The average Bonchev–Trinajstić information content (AvgIpc) is 2.15. The molecule has 1 aliphatic rings. The number of benzene rings is 1. The van der Waals surface area contributed by atoms with Crippen LogP contribution in [0.1, 0.15) is 52.5 Å². The molecule has 19 heavy (non-hydrogen) atoms. The van der Waals surface area contributed by atoms with Gasteiger partial charge in [-0.25, -0.2) is 0 Å². The van der Waals surface area contributed by atoms with E-state index in [4.69, 9.17) is 0 Å². The van der Waals surface area contributed by atoms with Crippen LogP contribution in [0.2, 0.25) is 0 Å². The fourth-order valence-electron chi connectivity index (χ4n) is 4.37. The molecule has 1 saturated carbocycles. The average molecular weight is 325 g/mol. The molecule has 0 atom stereocenters. The third-order valence-corrected chi connectivity index (χ3v) is 4.55. The SMILES string of the molecule is CC1(C)CC(C)(C)CC(O)(Cc2ccc(Br)cc2)C1. The molecule has 106 valence electrons.